The van der Waals surface area contributed by atoms with Crippen LogP contribution in [0, 0.1) is 0 Å². The molecule has 0 aromatic heterocycles. The number of ether oxygens (including phenoxy) is 6. The number of hydrogen-bond acceptors (Lipinski definition) is 11. The van der Waals surface area contributed by atoms with E-state index >= 15 is 0 Å². The van der Waals surface area contributed by atoms with Gasteiger partial charge in [0, 0.05) is 13.0 Å². The van der Waals surface area contributed by atoms with Crippen LogP contribution in [0.3, 0.4) is 0 Å². The Morgan fingerprint density at radius 2 is 1.46 bits per heavy atom. The minimum absolute atomic E-state index is 0.0747. The van der Waals surface area contributed by atoms with Crippen molar-refractivity contribution < 1.29 is 47.6 Å². The molecule has 11 nitrogen and oxygen atoms in total. The topological polar surface area (TPSA) is 136 Å². The molecule has 0 saturated carbocycles. The van der Waals surface area contributed by atoms with Crippen molar-refractivity contribution in [2.24, 2.45) is 0 Å². The molecule has 0 aliphatic heterocycles. The molecule has 37 heavy (non-hydrogen) atoms. The Labute approximate surface area is 218 Å². The number of rotatable bonds is 11. The van der Waals surface area contributed by atoms with Gasteiger partial charge in [0.1, 0.15) is 23.9 Å². The zero-order valence-electron chi connectivity index (χ0n) is 22.9. The van der Waals surface area contributed by atoms with Crippen LogP contribution in [0.25, 0.3) is 0 Å². The summed E-state index contributed by atoms with van der Waals surface area (Å²) in [6.07, 6.45) is -0.861. The number of carbonyl (C=O) groups is 4. The molecule has 208 valence electrons. The second kappa shape index (κ2) is 14.4. The predicted octanol–water partition coefficient (Wildman–Crippen LogP) is 4.33. The molecule has 1 aromatic carbocycles. The number of benzene rings is 1. The Kier molecular flexibility index (Phi) is 12.3. The first kappa shape index (κ1) is 31.7. The van der Waals surface area contributed by atoms with Gasteiger partial charge in [0.15, 0.2) is 11.5 Å². The lowest BCUT2D eigenvalue weighted by molar-refractivity contribution is -0.144. The molecule has 1 rings (SSSR count). The quantitative estimate of drug-likeness (QED) is 0.191. The molecule has 11 heteroatoms. The van der Waals surface area contributed by atoms with Crippen LogP contribution < -0.4 is 14.8 Å². The second-order valence-electron chi connectivity index (χ2n) is 10.1. The van der Waals surface area contributed by atoms with E-state index in [1.165, 1.54) is 19.2 Å². The van der Waals surface area contributed by atoms with Crippen LogP contribution in [0.15, 0.2) is 18.2 Å². The van der Waals surface area contributed by atoms with Gasteiger partial charge in [0.05, 0.1) is 7.11 Å². The molecule has 1 aromatic rings. The molecule has 0 saturated heterocycles. The van der Waals surface area contributed by atoms with Gasteiger partial charge in [-0.05, 0) is 72.1 Å². The highest BCUT2D eigenvalue weighted by molar-refractivity contribution is 5.76. The molecule has 0 aliphatic carbocycles. The first-order valence-electron chi connectivity index (χ1n) is 12.0. The van der Waals surface area contributed by atoms with Crippen LogP contribution in [-0.4, -0.2) is 61.8 Å². The van der Waals surface area contributed by atoms with Gasteiger partial charge in [0.2, 0.25) is 0 Å². The van der Waals surface area contributed by atoms with E-state index in [1.54, 1.807) is 47.6 Å². The van der Waals surface area contributed by atoms with E-state index in [0.29, 0.717) is 18.4 Å². The molecule has 0 amide bonds. The molecular weight excluding hydrogens is 486 g/mol. The molecule has 0 aliphatic rings. The van der Waals surface area contributed by atoms with Crippen molar-refractivity contribution in [3.63, 3.8) is 0 Å². The maximum atomic E-state index is 12.3. The van der Waals surface area contributed by atoms with Gasteiger partial charge in [-0.15, -0.1) is 0 Å². The number of esters is 2. The lowest BCUT2D eigenvalue weighted by Gasteiger charge is -2.21. The fourth-order valence-electron chi connectivity index (χ4n) is 2.86. The number of carbonyl (C=O) groups excluding carboxylic acids is 4. The summed E-state index contributed by atoms with van der Waals surface area (Å²) in [5, 5.41) is 2.99. The molecule has 0 radical (unpaired) electrons. The lowest BCUT2D eigenvalue weighted by atomic mass is 10.1. The van der Waals surface area contributed by atoms with Crippen LogP contribution in [0.4, 0.5) is 9.59 Å². The first-order valence-corrected chi connectivity index (χ1v) is 12.0. The molecule has 1 atom stereocenters. The Balaban J connectivity index is 3.08. The van der Waals surface area contributed by atoms with Gasteiger partial charge in [-0.2, -0.15) is 0 Å². The van der Waals surface area contributed by atoms with Crippen molar-refractivity contribution in [1.82, 2.24) is 5.32 Å². The van der Waals surface area contributed by atoms with Gasteiger partial charge in [-0.1, -0.05) is 13.0 Å². The van der Waals surface area contributed by atoms with Crippen molar-refractivity contribution in [1.29, 1.82) is 0 Å². The van der Waals surface area contributed by atoms with E-state index in [1.807, 2.05) is 6.92 Å². The highest BCUT2D eigenvalue weighted by atomic mass is 16.8. The molecule has 0 fully saturated rings. The largest absolute Gasteiger partial charge is 0.514 e. The highest BCUT2D eigenvalue weighted by Crippen LogP contribution is 2.31. The number of nitrogens with one attached hydrogen (secondary N) is 1. The van der Waals surface area contributed by atoms with Crippen molar-refractivity contribution in [3.8, 4) is 11.5 Å². The standard InChI is InChI=1S/C26H39NO10/c1-9-10-21(28)33-14-13-27-18(22(29)32-8)15-17-11-12-19(34-23(30)36-25(2,3)4)20(16-17)35-24(31)37-26(5,6)7/h11-12,16,18,27H,9-10,13-15H2,1-8H3/t18-/m0/s1. The summed E-state index contributed by atoms with van der Waals surface area (Å²) in [6.45, 7) is 12.2. The van der Waals surface area contributed by atoms with Crippen LogP contribution in [0.5, 0.6) is 11.5 Å². The van der Waals surface area contributed by atoms with Gasteiger partial charge < -0.3 is 33.7 Å². The fourth-order valence-corrected chi connectivity index (χ4v) is 2.86. The summed E-state index contributed by atoms with van der Waals surface area (Å²) in [4.78, 5) is 48.4. The molecule has 1 N–H and O–H groups in total. The smallest absolute Gasteiger partial charge is 0.468 e. The summed E-state index contributed by atoms with van der Waals surface area (Å²) in [7, 11) is 1.26. The highest BCUT2D eigenvalue weighted by Gasteiger charge is 2.25. The van der Waals surface area contributed by atoms with Crippen LogP contribution >= 0.6 is 0 Å². The SMILES string of the molecule is CCCC(=O)OCCN[C@@H](Cc1ccc(OC(=O)OC(C)(C)C)c(OC(=O)OC(C)(C)C)c1)C(=O)OC. The van der Waals surface area contributed by atoms with Gasteiger partial charge in [-0.3, -0.25) is 9.59 Å². The minimum atomic E-state index is -1.00. The van der Waals surface area contributed by atoms with Gasteiger partial charge in [-0.25, -0.2) is 9.59 Å². The van der Waals surface area contributed by atoms with Crippen molar-refractivity contribution >= 4 is 24.2 Å². The zero-order valence-corrected chi connectivity index (χ0v) is 22.9. The maximum Gasteiger partial charge on any atom is 0.514 e. The van der Waals surface area contributed by atoms with E-state index in [2.05, 4.69) is 5.32 Å². The van der Waals surface area contributed by atoms with Crippen LogP contribution in [0.2, 0.25) is 0 Å². The Hall–Kier alpha value is -3.34. The Morgan fingerprint density at radius 3 is 1.97 bits per heavy atom. The molecule has 0 heterocycles. The molecule has 0 bridgehead atoms. The van der Waals surface area contributed by atoms with Crippen molar-refractivity contribution in [2.75, 3.05) is 20.3 Å². The maximum absolute atomic E-state index is 12.3. The molecular formula is C26H39NO10. The van der Waals surface area contributed by atoms with Gasteiger partial charge >= 0.3 is 24.2 Å². The predicted molar refractivity (Wildman–Crippen MR) is 134 cm³/mol. The third-order valence-electron chi connectivity index (χ3n) is 4.31. The second-order valence-corrected chi connectivity index (χ2v) is 10.1. The van der Waals surface area contributed by atoms with E-state index in [-0.39, 0.29) is 37.0 Å². The van der Waals surface area contributed by atoms with Gasteiger partial charge in [0.25, 0.3) is 0 Å². The lowest BCUT2D eigenvalue weighted by Crippen LogP contribution is -2.41. The Morgan fingerprint density at radius 1 is 0.892 bits per heavy atom. The van der Waals surface area contributed by atoms with E-state index < -0.39 is 35.5 Å². The normalized spacial score (nSPS) is 12.2. The molecule has 0 spiro atoms. The zero-order chi connectivity index (χ0) is 28.2. The summed E-state index contributed by atoms with van der Waals surface area (Å²) in [5.41, 5.74) is -1.06. The number of methoxy groups -OCH3 is 1. The Bertz CT molecular complexity index is 930. The van der Waals surface area contributed by atoms with Crippen molar-refractivity contribution in [3.05, 3.63) is 23.8 Å². The van der Waals surface area contributed by atoms with Crippen molar-refractivity contribution in [2.45, 2.75) is 85.0 Å². The van der Waals surface area contributed by atoms with Crippen LogP contribution in [-0.2, 0) is 35.0 Å². The first-order chi connectivity index (χ1) is 17.1. The third kappa shape index (κ3) is 13.5. The summed E-state index contributed by atoms with van der Waals surface area (Å²) < 4.78 is 30.9. The fraction of sp³-hybridized carbons (Fsp3) is 0.615. The average molecular weight is 526 g/mol. The monoisotopic (exact) mass is 525 g/mol. The minimum Gasteiger partial charge on any atom is -0.468 e. The third-order valence-corrected chi connectivity index (χ3v) is 4.31. The summed E-state index contributed by atoms with van der Waals surface area (Å²) in [6, 6.07) is 3.67. The summed E-state index contributed by atoms with van der Waals surface area (Å²) >= 11 is 0. The van der Waals surface area contributed by atoms with Crippen LogP contribution in [0.1, 0.15) is 66.9 Å². The van der Waals surface area contributed by atoms with E-state index in [9.17, 15) is 19.2 Å². The average Bonchev–Trinajstić information content (AvgIpc) is 2.74. The molecule has 0 unspecified atom stereocenters. The number of hydrogen-bond donors (Lipinski definition) is 1. The summed E-state index contributed by atoms with van der Waals surface area (Å²) in [5.74, 6) is -1.03. The van der Waals surface area contributed by atoms with E-state index in [4.69, 9.17) is 28.4 Å². The van der Waals surface area contributed by atoms with E-state index in [0.717, 1.165) is 0 Å².